The quantitative estimate of drug-likeness (QED) is 0.839. The van der Waals surface area contributed by atoms with Crippen LogP contribution in [0.1, 0.15) is 17.3 Å². The van der Waals surface area contributed by atoms with Crippen LogP contribution in [0.4, 0.5) is 5.69 Å². The van der Waals surface area contributed by atoms with Crippen molar-refractivity contribution in [2.24, 2.45) is 0 Å². The van der Waals surface area contributed by atoms with Crippen LogP contribution in [0, 0.1) is 0 Å². The SMILES string of the molecule is C=CC(=O)N(C)c1ccc(C(=O)N2CC(=O)NCC2C)cc1. The molecule has 0 aromatic heterocycles. The fraction of sp³-hybridized carbons (Fsp3) is 0.312. The van der Waals surface area contributed by atoms with Gasteiger partial charge in [-0.25, -0.2) is 0 Å². The van der Waals surface area contributed by atoms with Crippen LogP contribution in [0.2, 0.25) is 0 Å². The molecule has 1 fully saturated rings. The van der Waals surface area contributed by atoms with E-state index in [4.69, 9.17) is 0 Å². The summed E-state index contributed by atoms with van der Waals surface area (Å²) >= 11 is 0. The molecule has 1 N–H and O–H groups in total. The van der Waals surface area contributed by atoms with Crippen LogP contribution in [-0.2, 0) is 9.59 Å². The number of amides is 3. The van der Waals surface area contributed by atoms with Crippen LogP contribution in [0.3, 0.4) is 0 Å². The molecule has 0 bridgehead atoms. The van der Waals surface area contributed by atoms with Gasteiger partial charge in [-0.05, 0) is 37.3 Å². The molecule has 1 aromatic carbocycles. The van der Waals surface area contributed by atoms with Gasteiger partial charge in [-0.15, -0.1) is 0 Å². The second-order valence-corrected chi connectivity index (χ2v) is 5.23. The molecule has 1 saturated heterocycles. The number of anilines is 1. The van der Waals surface area contributed by atoms with E-state index in [0.717, 1.165) is 0 Å². The fourth-order valence-electron chi connectivity index (χ4n) is 2.27. The molecule has 6 nitrogen and oxygen atoms in total. The molecule has 116 valence electrons. The highest BCUT2D eigenvalue weighted by Gasteiger charge is 2.28. The topological polar surface area (TPSA) is 69.7 Å². The van der Waals surface area contributed by atoms with Gasteiger partial charge in [0.05, 0.1) is 0 Å². The lowest BCUT2D eigenvalue weighted by Crippen LogP contribution is -2.55. The van der Waals surface area contributed by atoms with E-state index >= 15 is 0 Å². The second-order valence-electron chi connectivity index (χ2n) is 5.23. The zero-order valence-corrected chi connectivity index (χ0v) is 12.7. The van der Waals surface area contributed by atoms with E-state index in [2.05, 4.69) is 11.9 Å². The normalized spacial score (nSPS) is 17.6. The summed E-state index contributed by atoms with van der Waals surface area (Å²) in [4.78, 5) is 38.5. The number of carbonyl (C=O) groups excluding carboxylic acids is 3. The van der Waals surface area contributed by atoms with Gasteiger partial charge >= 0.3 is 0 Å². The van der Waals surface area contributed by atoms with Gasteiger partial charge in [0.15, 0.2) is 0 Å². The number of nitrogens with one attached hydrogen (secondary N) is 1. The van der Waals surface area contributed by atoms with Crippen molar-refractivity contribution in [3.05, 3.63) is 42.5 Å². The Morgan fingerprint density at radius 3 is 2.59 bits per heavy atom. The molecule has 0 saturated carbocycles. The molecule has 1 aliphatic rings. The number of nitrogens with zero attached hydrogens (tertiary/aromatic N) is 2. The number of hydrogen-bond donors (Lipinski definition) is 1. The summed E-state index contributed by atoms with van der Waals surface area (Å²) in [6, 6.07) is 6.66. The molecule has 6 heteroatoms. The standard InChI is InChI=1S/C16H19N3O3/c1-4-15(21)18(3)13-7-5-12(6-8-13)16(22)19-10-14(20)17-9-11(19)2/h4-8,11H,1,9-10H2,2-3H3,(H,17,20). The van der Waals surface area contributed by atoms with E-state index in [1.807, 2.05) is 6.92 Å². The van der Waals surface area contributed by atoms with Crippen molar-refractivity contribution in [3.8, 4) is 0 Å². The molecule has 2 rings (SSSR count). The average molecular weight is 301 g/mol. The van der Waals surface area contributed by atoms with Crippen LogP contribution in [0.25, 0.3) is 0 Å². The predicted octanol–water partition coefficient (Wildman–Crippen LogP) is 0.796. The molecule has 1 unspecified atom stereocenters. The number of piperazine rings is 1. The summed E-state index contributed by atoms with van der Waals surface area (Å²) < 4.78 is 0. The Bertz CT molecular complexity index is 610. The van der Waals surface area contributed by atoms with Crippen molar-refractivity contribution in [2.75, 3.05) is 25.0 Å². The minimum absolute atomic E-state index is 0.0464. The van der Waals surface area contributed by atoms with Crippen LogP contribution in [0.15, 0.2) is 36.9 Å². The van der Waals surface area contributed by atoms with Crippen molar-refractivity contribution in [1.29, 1.82) is 0 Å². The van der Waals surface area contributed by atoms with Gasteiger partial charge in [0, 0.05) is 30.9 Å². The van der Waals surface area contributed by atoms with Crippen LogP contribution in [-0.4, -0.2) is 48.8 Å². The Labute approximate surface area is 129 Å². The Morgan fingerprint density at radius 1 is 1.36 bits per heavy atom. The first-order valence-electron chi connectivity index (χ1n) is 7.02. The maximum Gasteiger partial charge on any atom is 0.254 e. The van der Waals surface area contributed by atoms with Crippen LogP contribution < -0.4 is 10.2 Å². The first-order chi connectivity index (χ1) is 10.4. The lowest BCUT2D eigenvalue weighted by atomic mass is 10.1. The maximum absolute atomic E-state index is 12.5. The van der Waals surface area contributed by atoms with E-state index in [-0.39, 0.29) is 30.3 Å². The van der Waals surface area contributed by atoms with Crippen LogP contribution in [0.5, 0.6) is 0 Å². The molecule has 1 aliphatic heterocycles. The molecule has 1 atom stereocenters. The molecule has 3 amide bonds. The average Bonchev–Trinajstić information content (AvgIpc) is 2.55. The van der Waals surface area contributed by atoms with Gasteiger partial charge in [0.25, 0.3) is 5.91 Å². The molecule has 1 aromatic rings. The summed E-state index contributed by atoms with van der Waals surface area (Å²) in [5.41, 5.74) is 1.16. The number of rotatable bonds is 3. The maximum atomic E-state index is 12.5. The number of benzene rings is 1. The molecule has 0 aliphatic carbocycles. The smallest absolute Gasteiger partial charge is 0.254 e. The number of hydrogen-bond acceptors (Lipinski definition) is 3. The van der Waals surface area contributed by atoms with E-state index in [1.165, 1.54) is 11.0 Å². The molecule has 1 heterocycles. The third-order valence-electron chi connectivity index (χ3n) is 3.71. The molecular formula is C16H19N3O3. The zero-order chi connectivity index (χ0) is 16.3. The van der Waals surface area contributed by atoms with Gasteiger partial charge in [0.2, 0.25) is 11.8 Å². The largest absolute Gasteiger partial charge is 0.353 e. The number of carbonyl (C=O) groups is 3. The summed E-state index contributed by atoms with van der Waals surface area (Å²) in [7, 11) is 1.64. The van der Waals surface area contributed by atoms with Crippen molar-refractivity contribution in [2.45, 2.75) is 13.0 Å². The molecular weight excluding hydrogens is 282 g/mol. The lowest BCUT2D eigenvalue weighted by Gasteiger charge is -2.33. The van der Waals surface area contributed by atoms with Gasteiger partial charge in [-0.2, -0.15) is 0 Å². The lowest BCUT2D eigenvalue weighted by molar-refractivity contribution is -0.124. The van der Waals surface area contributed by atoms with E-state index in [1.54, 1.807) is 36.2 Å². The first kappa shape index (κ1) is 15.8. The summed E-state index contributed by atoms with van der Waals surface area (Å²) in [5.74, 6) is -0.564. The van der Waals surface area contributed by atoms with E-state index in [0.29, 0.717) is 17.8 Å². The van der Waals surface area contributed by atoms with Gasteiger partial charge in [0.1, 0.15) is 6.54 Å². The predicted molar refractivity (Wildman–Crippen MR) is 83.6 cm³/mol. The second kappa shape index (κ2) is 6.43. The summed E-state index contributed by atoms with van der Waals surface area (Å²) in [6.45, 7) is 5.85. The van der Waals surface area contributed by atoms with Crippen molar-refractivity contribution in [1.82, 2.24) is 10.2 Å². The highest BCUT2D eigenvalue weighted by Crippen LogP contribution is 2.17. The van der Waals surface area contributed by atoms with E-state index < -0.39 is 0 Å². The summed E-state index contributed by atoms with van der Waals surface area (Å²) in [6.07, 6.45) is 1.23. The highest BCUT2D eigenvalue weighted by molar-refractivity contribution is 6.01. The molecule has 0 radical (unpaired) electrons. The summed E-state index contributed by atoms with van der Waals surface area (Å²) in [5, 5.41) is 2.72. The Morgan fingerprint density at radius 2 is 2.00 bits per heavy atom. The van der Waals surface area contributed by atoms with Crippen molar-refractivity contribution >= 4 is 23.4 Å². The third-order valence-corrected chi connectivity index (χ3v) is 3.71. The first-order valence-corrected chi connectivity index (χ1v) is 7.02. The van der Waals surface area contributed by atoms with Gasteiger partial charge in [-0.3, -0.25) is 14.4 Å². The Hall–Kier alpha value is -2.63. The monoisotopic (exact) mass is 301 g/mol. The molecule has 0 spiro atoms. The zero-order valence-electron chi connectivity index (χ0n) is 12.7. The fourth-order valence-corrected chi connectivity index (χ4v) is 2.27. The highest BCUT2D eigenvalue weighted by atomic mass is 16.2. The molecule has 22 heavy (non-hydrogen) atoms. The van der Waals surface area contributed by atoms with Crippen LogP contribution >= 0.6 is 0 Å². The Balaban J connectivity index is 2.16. The number of likely N-dealkylation sites (N-methyl/N-ethyl adjacent to an activating group) is 1. The Kier molecular flexibility index (Phi) is 4.60. The third kappa shape index (κ3) is 3.16. The van der Waals surface area contributed by atoms with Gasteiger partial charge < -0.3 is 15.1 Å². The minimum atomic E-state index is -0.222. The van der Waals surface area contributed by atoms with Crippen molar-refractivity contribution in [3.63, 3.8) is 0 Å². The minimum Gasteiger partial charge on any atom is -0.353 e. The van der Waals surface area contributed by atoms with Crippen molar-refractivity contribution < 1.29 is 14.4 Å². The van der Waals surface area contributed by atoms with Gasteiger partial charge in [-0.1, -0.05) is 6.58 Å². The van der Waals surface area contributed by atoms with E-state index in [9.17, 15) is 14.4 Å².